The van der Waals surface area contributed by atoms with Gasteiger partial charge in [0.15, 0.2) is 5.11 Å². The van der Waals surface area contributed by atoms with Gasteiger partial charge >= 0.3 is 6.18 Å². The second-order valence-electron chi connectivity index (χ2n) is 7.48. The van der Waals surface area contributed by atoms with E-state index in [0.29, 0.717) is 22.9 Å². The largest absolute Gasteiger partial charge is 0.400 e. The summed E-state index contributed by atoms with van der Waals surface area (Å²) in [5, 5.41) is 7.71. The Morgan fingerprint density at radius 2 is 1.91 bits per heavy atom. The fourth-order valence-electron chi connectivity index (χ4n) is 3.56. The average Bonchev–Trinajstić information content (AvgIpc) is 3.15. The summed E-state index contributed by atoms with van der Waals surface area (Å²) in [5.74, 6) is 0. The Hall–Kier alpha value is -2.16. The van der Waals surface area contributed by atoms with E-state index in [0.717, 1.165) is 11.1 Å². The molecule has 1 atom stereocenters. The van der Waals surface area contributed by atoms with Crippen molar-refractivity contribution in [3.05, 3.63) is 68.7 Å². The van der Waals surface area contributed by atoms with Crippen LogP contribution >= 0.6 is 35.4 Å². The number of rotatable bonds is 5. The Morgan fingerprint density at radius 3 is 2.50 bits per heavy atom. The lowest BCUT2D eigenvalue weighted by Crippen LogP contribution is -2.43. The maximum absolute atomic E-state index is 14.3. The van der Waals surface area contributed by atoms with Crippen molar-refractivity contribution in [3.63, 3.8) is 0 Å². The van der Waals surface area contributed by atoms with Crippen LogP contribution in [-0.4, -0.2) is 36.3 Å². The van der Waals surface area contributed by atoms with Gasteiger partial charge in [0.2, 0.25) is 0 Å². The van der Waals surface area contributed by atoms with Gasteiger partial charge in [-0.25, -0.2) is 0 Å². The van der Waals surface area contributed by atoms with Crippen LogP contribution in [0.3, 0.4) is 0 Å². The van der Waals surface area contributed by atoms with Crippen LogP contribution in [0.15, 0.2) is 46.5 Å². The quantitative estimate of drug-likeness (QED) is 0.309. The molecule has 0 fully saturated rings. The van der Waals surface area contributed by atoms with Crippen LogP contribution < -0.4 is 10.7 Å². The summed E-state index contributed by atoms with van der Waals surface area (Å²) in [7, 11) is 0. The van der Waals surface area contributed by atoms with E-state index < -0.39 is 18.1 Å². The van der Waals surface area contributed by atoms with Crippen LogP contribution in [0.5, 0.6) is 0 Å². The molecule has 4 nitrogen and oxygen atoms in total. The van der Waals surface area contributed by atoms with Crippen molar-refractivity contribution < 1.29 is 13.2 Å². The molecule has 1 aliphatic heterocycles. The van der Waals surface area contributed by atoms with Crippen molar-refractivity contribution in [2.24, 2.45) is 10.1 Å². The summed E-state index contributed by atoms with van der Waals surface area (Å²) >= 11 is 17.0. The van der Waals surface area contributed by atoms with Gasteiger partial charge in [-0.2, -0.15) is 18.3 Å². The van der Waals surface area contributed by atoms with Crippen molar-refractivity contribution in [1.29, 1.82) is 0 Å². The highest BCUT2D eigenvalue weighted by Crippen LogP contribution is 2.48. The summed E-state index contributed by atoms with van der Waals surface area (Å²) < 4.78 is 42.8. The first-order valence-corrected chi connectivity index (χ1v) is 11.0. The predicted molar refractivity (Wildman–Crippen MR) is 128 cm³/mol. The average molecular weight is 501 g/mol. The lowest BCUT2D eigenvalue weighted by Gasteiger charge is -2.31. The minimum absolute atomic E-state index is 0.0180. The first-order valence-electron chi connectivity index (χ1n) is 9.80. The molecule has 0 radical (unpaired) electrons. The molecule has 10 heteroatoms. The number of aryl methyl sites for hydroxylation is 1. The zero-order chi connectivity index (χ0) is 23.5. The molecule has 0 aliphatic carbocycles. The molecule has 1 heterocycles. The van der Waals surface area contributed by atoms with Gasteiger partial charge in [0.1, 0.15) is 5.41 Å². The second kappa shape index (κ2) is 9.77. The van der Waals surface area contributed by atoms with E-state index in [4.69, 9.17) is 35.4 Å². The third-order valence-corrected chi connectivity index (χ3v) is 5.95. The van der Waals surface area contributed by atoms with Gasteiger partial charge in [-0.1, -0.05) is 35.3 Å². The molecule has 1 aliphatic rings. The second-order valence-corrected chi connectivity index (χ2v) is 8.76. The van der Waals surface area contributed by atoms with Gasteiger partial charge < -0.3 is 5.32 Å². The maximum Gasteiger partial charge on any atom is 0.400 e. The number of nitrogens with zero attached hydrogens (tertiary/aromatic N) is 2. The van der Waals surface area contributed by atoms with Gasteiger partial charge in [0.05, 0.1) is 12.8 Å². The Balaban J connectivity index is 1.84. The van der Waals surface area contributed by atoms with Gasteiger partial charge in [0.25, 0.3) is 0 Å². The highest BCUT2D eigenvalue weighted by Gasteiger charge is 2.58. The molecule has 0 aromatic heterocycles. The Labute approximate surface area is 199 Å². The van der Waals surface area contributed by atoms with E-state index in [9.17, 15) is 13.2 Å². The Bertz CT molecular complexity index is 1070. The van der Waals surface area contributed by atoms with Crippen LogP contribution in [-0.2, 0) is 5.41 Å². The molecule has 2 N–H and O–H groups in total. The molecule has 0 saturated heterocycles. The predicted octanol–water partition coefficient (Wildman–Crippen LogP) is 5.81. The van der Waals surface area contributed by atoms with Gasteiger partial charge in [0, 0.05) is 28.7 Å². The number of benzene rings is 2. The fraction of sp³-hybridized carbons (Fsp3) is 0.318. The molecule has 2 aromatic rings. The molecule has 0 amide bonds. The van der Waals surface area contributed by atoms with Crippen LogP contribution in [0.4, 0.5) is 13.2 Å². The molecular formula is C22H21Cl2F3N4S. The third kappa shape index (κ3) is 5.24. The molecule has 32 heavy (non-hydrogen) atoms. The van der Waals surface area contributed by atoms with E-state index in [2.05, 4.69) is 20.8 Å². The Kier molecular flexibility index (Phi) is 7.47. The first kappa shape index (κ1) is 24.5. The van der Waals surface area contributed by atoms with Crippen molar-refractivity contribution in [2.75, 3.05) is 13.1 Å². The first-order chi connectivity index (χ1) is 15.1. The zero-order valence-electron chi connectivity index (χ0n) is 17.4. The fourth-order valence-corrected chi connectivity index (χ4v) is 4.28. The topological polar surface area (TPSA) is 48.8 Å². The number of thiocarbonyl (C=S) groups is 1. The highest BCUT2D eigenvalue weighted by atomic mass is 35.5. The zero-order valence-corrected chi connectivity index (χ0v) is 19.7. The minimum Gasteiger partial charge on any atom is -0.362 e. The van der Waals surface area contributed by atoms with Gasteiger partial charge in [-0.15, -0.1) is 0 Å². The number of alkyl halides is 3. The van der Waals surface area contributed by atoms with Crippen molar-refractivity contribution in [2.45, 2.75) is 31.9 Å². The number of hydrogen-bond acceptors (Lipinski definition) is 3. The van der Waals surface area contributed by atoms with E-state index in [1.165, 1.54) is 18.2 Å². The summed E-state index contributed by atoms with van der Waals surface area (Å²) in [6.07, 6.45) is -3.21. The monoisotopic (exact) mass is 500 g/mol. The van der Waals surface area contributed by atoms with E-state index in [1.54, 1.807) is 24.4 Å². The summed E-state index contributed by atoms with van der Waals surface area (Å²) in [6.45, 7) is 4.03. The highest BCUT2D eigenvalue weighted by molar-refractivity contribution is 7.80. The summed E-state index contributed by atoms with van der Waals surface area (Å²) in [5.41, 5.74) is 3.23. The Morgan fingerprint density at radius 1 is 1.22 bits per heavy atom. The number of halogens is 5. The molecule has 0 bridgehead atoms. The molecule has 1 unspecified atom stereocenters. The molecule has 3 rings (SSSR count). The third-order valence-electron chi connectivity index (χ3n) is 5.28. The smallest absolute Gasteiger partial charge is 0.362 e. The summed E-state index contributed by atoms with van der Waals surface area (Å²) in [6, 6.07) is 9.38. The standard InChI is InChI=1S/C22H21Cl2F3N4S/c1-3-28-20(32)31-30-11-15-5-4-14(6-13(15)2)19-10-21(12-29-19,22(25,26)27)16-7-17(23)9-18(24)8-16/h4-9,11H,3,10,12H2,1-2H3,(H2,28,31,32). The molecule has 2 aromatic carbocycles. The molecular weight excluding hydrogens is 480 g/mol. The number of nitrogens with one attached hydrogen (secondary N) is 2. The number of hydrogen-bond donors (Lipinski definition) is 2. The van der Waals surface area contributed by atoms with Crippen LogP contribution in [0, 0.1) is 6.92 Å². The minimum atomic E-state index is -4.52. The lowest BCUT2D eigenvalue weighted by atomic mass is 9.76. The van der Waals surface area contributed by atoms with E-state index >= 15 is 0 Å². The van der Waals surface area contributed by atoms with Gasteiger partial charge in [-0.05, 0) is 72.6 Å². The normalized spacial score (nSPS) is 18.7. The maximum atomic E-state index is 14.3. The van der Waals surface area contributed by atoms with Crippen LogP contribution in [0.25, 0.3) is 0 Å². The van der Waals surface area contributed by atoms with E-state index in [-0.39, 0.29) is 22.0 Å². The number of hydrazone groups is 1. The van der Waals surface area contributed by atoms with Crippen LogP contribution in [0.2, 0.25) is 10.0 Å². The molecule has 170 valence electrons. The van der Waals surface area contributed by atoms with Crippen molar-refractivity contribution in [1.82, 2.24) is 10.7 Å². The SMILES string of the molecule is CCNC(=S)NN=Cc1ccc(C2=NCC(c3cc(Cl)cc(Cl)c3)(C(F)(F)F)C2)cc1C. The van der Waals surface area contributed by atoms with Gasteiger partial charge in [-0.3, -0.25) is 10.4 Å². The van der Waals surface area contributed by atoms with Crippen LogP contribution in [0.1, 0.15) is 35.6 Å². The van der Waals surface area contributed by atoms with Crippen molar-refractivity contribution >= 4 is 52.5 Å². The lowest BCUT2D eigenvalue weighted by molar-refractivity contribution is -0.183. The summed E-state index contributed by atoms with van der Waals surface area (Å²) in [4.78, 5) is 4.28. The number of aliphatic imine (C=N–C) groups is 1. The molecule has 0 spiro atoms. The van der Waals surface area contributed by atoms with Crippen molar-refractivity contribution in [3.8, 4) is 0 Å². The van der Waals surface area contributed by atoms with E-state index in [1.807, 2.05) is 13.8 Å². The molecule has 0 saturated carbocycles.